The van der Waals surface area contributed by atoms with Gasteiger partial charge in [0.05, 0.1) is 30.1 Å². The minimum atomic E-state index is -0.954. The van der Waals surface area contributed by atoms with Crippen molar-refractivity contribution in [3.8, 4) is 11.8 Å². The van der Waals surface area contributed by atoms with Crippen LogP contribution in [0.5, 0.6) is 5.75 Å². The van der Waals surface area contributed by atoms with Crippen LogP contribution in [-0.4, -0.2) is 23.4 Å². The number of benzene rings is 2. The zero-order chi connectivity index (χ0) is 22.8. The molecule has 1 fully saturated rings. The Labute approximate surface area is 184 Å². The molecule has 1 unspecified atom stereocenters. The van der Waals surface area contributed by atoms with E-state index in [0.29, 0.717) is 34.9 Å². The molecular weight excluding hydrogens is 408 g/mol. The van der Waals surface area contributed by atoms with Gasteiger partial charge in [-0.2, -0.15) is 5.26 Å². The van der Waals surface area contributed by atoms with Gasteiger partial charge in [-0.1, -0.05) is 0 Å². The number of ether oxygens (including phenoxy) is 1. The first-order valence-corrected chi connectivity index (χ1v) is 10.0. The molecule has 1 aliphatic rings. The largest absolute Gasteiger partial charge is 0.507 e. The van der Waals surface area contributed by atoms with Crippen LogP contribution in [0.1, 0.15) is 35.4 Å². The van der Waals surface area contributed by atoms with E-state index in [1.54, 1.807) is 54.6 Å². The number of anilines is 1. The Balaban J connectivity index is 1.86. The molecule has 3 aromatic rings. The first-order valence-electron chi connectivity index (χ1n) is 10.0. The molecule has 32 heavy (non-hydrogen) atoms. The van der Waals surface area contributed by atoms with Crippen molar-refractivity contribution in [3.05, 3.63) is 88.9 Å². The van der Waals surface area contributed by atoms with Crippen LogP contribution in [0.4, 0.5) is 5.69 Å². The molecular formula is C25H20N2O5. The molecule has 0 aliphatic carbocycles. The fourth-order valence-electron chi connectivity index (χ4n) is 3.78. The van der Waals surface area contributed by atoms with Crippen molar-refractivity contribution in [2.24, 2.45) is 0 Å². The number of nitriles is 1. The Kier molecular flexibility index (Phi) is 5.52. The topological polar surface area (TPSA) is 104 Å². The van der Waals surface area contributed by atoms with Gasteiger partial charge < -0.3 is 14.3 Å². The highest BCUT2D eigenvalue weighted by Gasteiger charge is 2.48. The van der Waals surface area contributed by atoms with E-state index in [4.69, 9.17) is 14.4 Å². The van der Waals surface area contributed by atoms with E-state index in [1.807, 2.05) is 19.9 Å². The average molecular weight is 428 g/mol. The first kappa shape index (κ1) is 20.9. The highest BCUT2D eigenvalue weighted by atomic mass is 16.5. The number of hydrogen-bond acceptors (Lipinski definition) is 6. The summed E-state index contributed by atoms with van der Waals surface area (Å²) in [6.07, 6.45) is 1.44. The molecule has 2 heterocycles. The Morgan fingerprint density at radius 2 is 1.94 bits per heavy atom. The van der Waals surface area contributed by atoms with Crippen molar-refractivity contribution < 1.29 is 23.8 Å². The van der Waals surface area contributed by atoms with Gasteiger partial charge in [-0.3, -0.25) is 14.5 Å². The molecule has 1 aliphatic heterocycles. The number of amides is 1. The van der Waals surface area contributed by atoms with Crippen molar-refractivity contribution in [2.45, 2.75) is 19.9 Å². The smallest absolute Gasteiger partial charge is 0.300 e. The summed E-state index contributed by atoms with van der Waals surface area (Å²) < 4.78 is 11.1. The predicted molar refractivity (Wildman–Crippen MR) is 117 cm³/mol. The number of nitrogens with zero attached hydrogens (tertiary/aromatic N) is 2. The third-order valence-corrected chi connectivity index (χ3v) is 5.28. The number of Topliss-reactive ketones (excluding diaryl/α,β-unsaturated/α-hetero) is 1. The van der Waals surface area contributed by atoms with Crippen LogP contribution in [0.15, 0.2) is 70.9 Å². The van der Waals surface area contributed by atoms with Gasteiger partial charge in [0.25, 0.3) is 11.7 Å². The van der Waals surface area contributed by atoms with Gasteiger partial charge in [0, 0.05) is 11.3 Å². The Hall–Kier alpha value is -4.31. The standard InChI is InChI=1S/C25H20N2O5/c1-3-31-19-11-8-17(13-15(19)2)23(28)21-22(20-5-4-12-32-20)27(25(30)24(21)29)18-9-6-16(14-26)7-10-18/h4-13,22,28H,3H2,1-2H3/b23-21-. The molecule has 0 radical (unpaired) electrons. The summed E-state index contributed by atoms with van der Waals surface area (Å²) in [5.41, 5.74) is 1.93. The summed E-state index contributed by atoms with van der Waals surface area (Å²) in [6.45, 7) is 4.21. The van der Waals surface area contributed by atoms with E-state index >= 15 is 0 Å². The lowest BCUT2D eigenvalue weighted by molar-refractivity contribution is -0.132. The number of aryl methyl sites for hydroxylation is 1. The van der Waals surface area contributed by atoms with Crippen LogP contribution in [-0.2, 0) is 9.59 Å². The normalized spacial score (nSPS) is 17.4. The van der Waals surface area contributed by atoms with E-state index in [2.05, 4.69) is 0 Å². The summed E-state index contributed by atoms with van der Waals surface area (Å²) in [5.74, 6) is -0.908. The SMILES string of the molecule is CCOc1ccc(/C(O)=C2/C(=O)C(=O)N(c3ccc(C#N)cc3)C2c2ccco2)cc1C. The summed E-state index contributed by atoms with van der Waals surface area (Å²) in [6, 6.07) is 15.7. The zero-order valence-electron chi connectivity index (χ0n) is 17.5. The molecule has 1 atom stereocenters. The number of hydrogen-bond donors (Lipinski definition) is 1. The van der Waals surface area contributed by atoms with E-state index in [0.717, 1.165) is 5.56 Å². The minimum Gasteiger partial charge on any atom is -0.507 e. The maximum atomic E-state index is 13.1. The minimum absolute atomic E-state index is 0.0714. The van der Waals surface area contributed by atoms with Crippen molar-refractivity contribution >= 4 is 23.1 Å². The third kappa shape index (κ3) is 3.52. The maximum absolute atomic E-state index is 13.1. The summed E-state index contributed by atoms with van der Waals surface area (Å²) in [7, 11) is 0. The molecule has 1 aromatic heterocycles. The zero-order valence-corrected chi connectivity index (χ0v) is 17.5. The Morgan fingerprint density at radius 1 is 1.19 bits per heavy atom. The van der Waals surface area contributed by atoms with Gasteiger partial charge in [-0.05, 0) is 74.0 Å². The monoisotopic (exact) mass is 428 g/mol. The predicted octanol–water partition coefficient (Wildman–Crippen LogP) is 4.48. The molecule has 0 spiro atoms. The highest BCUT2D eigenvalue weighted by molar-refractivity contribution is 6.51. The van der Waals surface area contributed by atoms with Gasteiger partial charge in [-0.15, -0.1) is 0 Å². The number of rotatable bonds is 5. The van der Waals surface area contributed by atoms with Crippen LogP contribution >= 0.6 is 0 Å². The number of aliphatic hydroxyl groups excluding tert-OH is 1. The number of furan rings is 1. The van der Waals surface area contributed by atoms with Crippen molar-refractivity contribution in [3.63, 3.8) is 0 Å². The second-order valence-corrected chi connectivity index (χ2v) is 7.26. The van der Waals surface area contributed by atoms with Gasteiger partial charge in [0.1, 0.15) is 23.3 Å². The molecule has 2 aromatic carbocycles. The number of carbonyl (C=O) groups is 2. The lowest BCUT2D eigenvalue weighted by atomic mass is 9.98. The van der Waals surface area contributed by atoms with E-state index in [1.165, 1.54) is 11.2 Å². The molecule has 0 saturated carbocycles. The van der Waals surface area contributed by atoms with Crippen molar-refractivity contribution in [2.75, 3.05) is 11.5 Å². The number of ketones is 1. The van der Waals surface area contributed by atoms with Gasteiger partial charge in [-0.25, -0.2) is 0 Å². The lowest BCUT2D eigenvalue weighted by Crippen LogP contribution is -2.29. The molecule has 1 N–H and O–H groups in total. The lowest BCUT2D eigenvalue weighted by Gasteiger charge is -2.23. The molecule has 4 rings (SSSR count). The highest BCUT2D eigenvalue weighted by Crippen LogP contribution is 2.42. The van der Waals surface area contributed by atoms with Crippen LogP contribution in [0, 0.1) is 18.3 Å². The molecule has 1 saturated heterocycles. The van der Waals surface area contributed by atoms with Crippen LogP contribution in [0.3, 0.4) is 0 Å². The molecule has 7 nitrogen and oxygen atoms in total. The summed E-state index contributed by atoms with van der Waals surface area (Å²) >= 11 is 0. The average Bonchev–Trinajstić information content (AvgIpc) is 3.42. The number of aliphatic hydroxyl groups is 1. The van der Waals surface area contributed by atoms with Crippen LogP contribution < -0.4 is 9.64 Å². The summed E-state index contributed by atoms with van der Waals surface area (Å²) in [4.78, 5) is 27.4. The van der Waals surface area contributed by atoms with Gasteiger partial charge in [0.15, 0.2) is 0 Å². The van der Waals surface area contributed by atoms with Crippen LogP contribution in [0.2, 0.25) is 0 Å². The van der Waals surface area contributed by atoms with Gasteiger partial charge >= 0.3 is 0 Å². The third-order valence-electron chi connectivity index (χ3n) is 5.28. The molecule has 1 amide bonds. The summed E-state index contributed by atoms with van der Waals surface area (Å²) in [5, 5.41) is 20.2. The molecule has 7 heteroatoms. The van der Waals surface area contributed by atoms with Crippen molar-refractivity contribution in [1.29, 1.82) is 5.26 Å². The van der Waals surface area contributed by atoms with Crippen molar-refractivity contribution in [1.82, 2.24) is 0 Å². The first-order chi connectivity index (χ1) is 15.5. The van der Waals surface area contributed by atoms with Gasteiger partial charge in [0.2, 0.25) is 0 Å². The van der Waals surface area contributed by atoms with E-state index in [9.17, 15) is 14.7 Å². The molecule has 0 bridgehead atoms. The fourth-order valence-corrected chi connectivity index (χ4v) is 3.78. The quantitative estimate of drug-likeness (QED) is 0.365. The van der Waals surface area contributed by atoms with E-state index in [-0.39, 0.29) is 11.3 Å². The maximum Gasteiger partial charge on any atom is 0.300 e. The second kappa shape index (κ2) is 8.44. The Bertz CT molecular complexity index is 1250. The Morgan fingerprint density at radius 3 is 2.53 bits per heavy atom. The van der Waals surface area contributed by atoms with Crippen LogP contribution in [0.25, 0.3) is 5.76 Å². The fraction of sp³-hybridized carbons (Fsp3) is 0.160. The van der Waals surface area contributed by atoms with E-state index < -0.39 is 17.7 Å². The number of carbonyl (C=O) groups excluding carboxylic acids is 2. The second-order valence-electron chi connectivity index (χ2n) is 7.26. The molecule has 160 valence electrons.